The lowest BCUT2D eigenvalue weighted by Crippen LogP contribution is -2.26. The molecule has 0 aliphatic heterocycles. The molecule has 2 atom stereocenters. The Kier molecular flexibility index (Phi) is 3.76. The zero-order chi connectivity index (χ0) is 15.7. The van der Waals surface area contributed by atoms with Crippen LogP contribution < -0.4 is 5.32 Å². The topological polar surface area (TPSA) is 37.8 Å². The Bertz CT molecular complexity index is 670. The standard InChI is InChI=1S/C16H16F3N3/c1-10-6-7-11-4-2-3-5-12(11)14(10)22-15-20-9-8-13(21-15)16(17,18)19/h2-5,8-10,14H,6-7H2,1H3,(H,20,21,22)/t10-,14-/m1/s1. The molecule has 3 nitrogen and oxygen atoms in total. The van der Waals surface area contributed by atoms with Crippen LogP contribution in [0.25, 0.3) is 0 Å². The molecule has 3 rings (SSSR count). The van der Waals surface area contributed by atoms with Crippen molar-refractivity contribution in [1.29, 1.82) is 0 Å². The molecule has 0 saturated heterocycles. The van der Waals surface area contributed by atoms with Crippen molar-refractivity contribution in [2.45, 2.75) is 32.0 Å². The van der Waals surface area contributed by atoms with Gasteiger partial charge in [-0.05, 0) is 36.0 Å². The van der Waals surface area contributed by atoms with Crippen molar-refractivity contribution in [3.8, 4) is 0 Å². The highest BCUT2D eigenvalue weighted by Gasteiger charge is 2.33. The SMILES string of the molecule is C[C@@H]1CCc2ccccc2[C@@H]1Nc1nccc(C(F)(F)F)n1. The van der Waals surface area contributed by atoms with Crippen molar-refractivity contribution in [3.63, 3.8) is 0 Å². The summed E-state index contributed by atoms with van der Waals surface area (Å²) in [6.07, 6.45) is -1.36. The third-order valence-electron chi connectivity index (χ3n) is 4.06. The van der Waals surface area contributed by atoms with Crippen LogP contribution in [0.1, 0.15) is 36.2 Å². The van der Waals surface area contributed by atoms with E-state index in [-0.39, 0.29) is 12.0 Å². The molecule has 22 heavy (non-hydrogen) atoms. The summed E-state index contributed by atoms with van der Waals surface area (Å²) in [5.41, 5.74) is 1.41. The maximum atomic E-state index is 12.7. The first-order valence-electron chi connectivity index (χ1n) is 7.20. The quantitative estimate of drug-likeness (QED) is 0.902. The van der Waals surface area contributed by atoms with E-state index in [4.69, 9.17) is 0 Å². The van der Waals surface area contributed by atoms with Crippen LogP contribution in [0, 0.1) is 5.92 Å². The van der Waals surface area contributed by atoms with Crippen LogP contribution >= 0.6 is 0 Å². The fraction of sp³-hybridized carbons (Fsp3) is 0.375. The molecule has 1 aromatic heterocycles. The number of nitrogens with one attached hydrogen (secondary N) is 1. The first-order chi connectivity index (χ1) is 10.4. The average Bonchev–Trinajstić information content (AvgIpc) is 2.50. The highest BCUT2D eigenvalue weighted by atomic mass is 19.4. The number of aromatic nitrogens is 2. The van der Waals surface area contributed by atoms with Crippen molar-refractivity contribution in [2.75, 3.05) is 5.32 Å². The van der Waals surface area contributed by atoms with Gasteiger partial charge in [0.1, 0.15) is 5.69 Å². The maximum absolute atomic E-state index is 12.7. The molecular weight excluding hydrogens is 291 g/mol. The second-order valence-electron chi connectivity index (χ2n) is 5.60. The largest absolute Gasteiger partial charge is 0.433 e. The van der Waals surface area contributed by atoms with Crippen LogP contribution in [0.3, 0.4) is 0 Å². The molecule has 1 heterocycles. The summed E-state index contributed by atoms with van der Waals surface area (Å²) < 4.78 is 38.2. The summed E-state index contributed by atoms with van der Waals surface area (Å²) in [5, 5.41) is 3.08. The lowest BCUT2D eigenvalue weighted by molar-refractivity contribution is -0.141. The van der Waals surface area contributed by atoms with Crippen molar-refractivity contribution in [2.24, 2.45) is 5.92 Å². The number of alkyl halides is 3. The summed E-state index contributed by atoms with van der Waals surface area (Å²) in [6, 6.07) is 8.79. The van der Waals surface area contributed by atoms with E-state index in [9.17, 15) is 13.2 Å². The number of anilines is 1. The molecule has 6 heteroatoms. The average molecular weight is 307 g/mol. The van der Waals surface area contributed by atoms with Gasteiger partial charge in [0, 0.05) is 6.20 Å². The van der Waals surface area contributed by atoms with E-state index in [1.54, 1.807) is 0 Å². The Morgan fingerprint density at radius 2 is 1.95 bits per heavy atom. The number of fused-ring (bicyclic) bond motifs is 1. The Hall–Kier alpha value is -2.11. The maximum Gasteiger partial charge on any atom is 0.433 e. The molecule has 1 aliphatic rings. The van der Waals surface area contributed by atoms with Crippen LogP contribution in [0.5, 0.6) is 0 Å². The van der Waals surface area contributed by atoms with Gasteiger partial charge in [-0.1, -0.05) is 31.2 Å². The number of halogens is 3. The van der Waals surface area contributed by atoms with E-state index in [0.29, 0.717) is 5.92 Å². The monoisotopic (exact) mass is 307 g/mol. The molecule has 0 saturated carbocycles. The second-order valence-corrected chi connectivity index (χ2v) is 5.60. The third kappa shape index (κ3) is 2.91. The molecule has 0 bridgehead atoms. The van der Waals surface area contributed by atoms with Gasteiger partial charge in [-0.25, -0.2) is 9.97 Å². The highest BCUT2D eigenvalue weighted by Crippen LogP contribution is 2.36. The van der Waals surface area contributed by atoms with Gasteiger partial charge in [0.25, 0.3) is 0 Å². The summed E-state index contributed by atoms with van der Waals surface area (Å²) >= 11 is 0. The van der Waals surface area contributed by atoms with Gasteiger partial charge < -0.3 is 5.32 Å². The minimum Gasteiger partial charge on any atom is -0.347 e. The molecule has 0 unspecified atom stereocenters. The molecule has 0 fully saturated rings. The second kappa shape index (κ2) is 5.59. The Morgan fingerprint density at radius 1 is 1.18 bits per heavy atom. The van der Waals surface area contributed by atoms with Gasteiger partial charge in [0.2, 0.25) is 5.95 Å². The van der Waals surface area contributed by atoms with Gasteiger partial charge in [-0.3, -0.25) is 0 Å². The van der Waals surface area contributed by atoms with Crippen molar-refractivity contribution in [3.05, 3.63) is 53.3 Å². The minimum atomic E-state index is -4.46. The molecule has 1 aliphatic carbocycles. The Morgan fingerprint density at radius 3 is 2.73 bits per heavy atom. The highest BCUT2D eigenvalue weighted by molar-refractivity contribution is 5.39. The first-order valence-corrected chi connectivity index (χ1v) is 7.20. The van der Waals surface area contributed by atoms with Gasteiger partial charge in [0.15, 0.2) is 0 Å². The zero-order valence-electron chi connectivity index (χ0n) is 12.1. The van der Waals surface area contributed by atoms with Crippen LogP contribution in [-0.2, 0) is 12.6 Å². The zero-order valence-corrected chi connectivity index (χ0v) is 12.1. The summed E-state index contributed by atoms with van der Waals surface area (Å²) in [6.45, 7) is 2.08. The number of aryl methyl sites for hydroxylation is 1. The predicted octanol–water partition coefficient (Wildman–Crippen LogP) is 4.23. The van der Waals surface area contributed by atoms with Crippen molar-refractivity contribution >= 4 is 5.95 Å². The van der Waals surface area contributed by atoms with E-state index >= 15 is 0 Å². The van der Waals surface area contributed by atoms with Gasteiger partial charge in [-0.15, -0.1) is 0 Å². The summed E-state index contributed by atoms with van der Waals surface area (Å²) in [5.74, 6) is 0.316. The number of nitrogens with zero attached hydrogens (tertiary/aromatic N) is 2. The van der Waals surface area contributed by atoms with E-state index in [0.717, 1.165) is 30.7 Å². The minimum absolute atomic E-state index is 0.0170. The van der Waals surface area contributed by atoms with E-state index in [1.807, 2.05) is 18.2 Å². The fourth-order valence-electron chi connectivity index (χ4n) is 2.87. The molecule has 116 valence electrons. The normalized spacial score (nSPS) is 21.3. The molecule has 0 radical (unpaired) electrons. The van der Waals surface area contributed by atoms with Crippen LogP contribution in [-0.4, -0.2) is 9.97 Å². The number of rotatable bonds is 2. The van der Waals surface area contributed by atoms with Crippen molar-refractivity contribution in [1.82, 2.24) is 9.97 Å². The van der Waals surface area contributed by atoms with Crippen LogP contribution in [0.2, 0.25) is 0 Å². The van der Waals surface area contributed by atoms with Gasteiger partial charge in [0.05, 0.1) is 6.04 Å². The molecular formula is C16H16F3N3. The predicted molar refractivity (Wildman–Crippen MR) is 77.3 cm³/mol. The molecule has 1 N–H and O–H groups in total. The molecule has 1 aromatic carbocycles. The number of hydrogen-bond donors (Lipinski definition) is 1. The van der Waals surface area contributed by atoms with Crippen molar-refractivity contribution < 1.29 is 13.2 Å². The number of benzene rings is 1. The third-order valence-corrected chi connectivity index (χ3v) is 4.06. The fourth-order valence-corrected chi connectivity index (χ4v) is 2.87. The van der Waals surface area contributed by atoms with Gasteiger partial charge in [-0.2, -0.15) is 13.2 Å². The van der Waals surface area contributed by atoms with E-state index in [1.165, 1.54) is 5.56 Å². The molecule has 2 aromatic rings. The van der Waals surface area contributed by atoms with Crippen LogP contribution in [0.4, 0.5) is 19.1 Å². The van der Waals surface area contributed by atoms with Gasteiger partial charge >= 0.3 is 6.18 Å². The Balaban J connectivity index is 1.90. The van der Waals surface area contributed by atoms with E-state index in [2.05, 4.69) is 28.3 Å². The molecule has 0 spiro atoms. The molecule has 0 amide bonds. The van der Waals surface area contributed by atoms with Crippen LogP contribution in [0.15, 0.2) is 36.5 Å². The summed E-state index contributed by atoms with van der Waals surface area (Å²) in [4.78, 5) is 7.53. The van der Waals surface area contributed by atoms with E-state index < -0.39 is 11.9 Å². The Labute approximate surface area is 126 Å². The lowest BCUT2D eigenvalue weighted by atomic mass is 9.81. The lowest BCUT2D eigenvalue weighted by Gasteiger charge is -2.32. The smallest absolute Gasteiger partial charge is 0.347 e. The first kappa shape index (κ1) is 14.8. The summed E-state index contributed by atoms with van der Waals surface area (Å²) in [7, 11) is 0. The number of hydrogen-bond acceptors (Lipinski definition) is 3.